The standard InChI is InChI=1S/C12H21N3O3/c1-5-15(7-6-11(16)17-4)8-10-13-12(9(2)3)18-14-10/h9H,5-8H2,1-4H3. The number of carbonyl (C=O) groups is 1. The van der Waals surface area contributed by atoms with Crippen LogP contribution in [0.3, 0.4) is 0 Å². The van der Waals surface area contributed by atoms with Crippen LogP contribution < -0.4 is 0 Å². The highest BCUT2D eigenvalue weighted by Gasteiger charge is 2.13. The highest BCUT2D eigenvalue weighted by molar-refractivity contribution is 5.69. The highest BCUT2D eigenvalue weighted by Crippen LogP contribution is 2.11. The van der Waals surface area contributed by atoms with Gasteiger partial charge in [0.15, 0.2) is 5.82 Å². The number of esters is 1. The van der Waals surface area contributed by atoms with Crippen LogP contribution in [-0.2, 0) is 16.1 Å². The van der Waals surface area contributed by atoms with Gasteiger partial charge in [-0.25, -0.2) is 0 Å². The summed E-state index contributed by atoms with van der Waals surface area (Å²) in [6.45, 7) is 8.08. The smallest absolute Gasteiger partial charge is 0.306 e. The number of hydrogen-bond donors (Lipinski definition) is 0. The van der Waals surface area contributed by atoms with Gasteiger partial charge in [0.1, 0.15) is 0 Å². The zero-order valence-corrected chi connectivity index (χ0v) is 11.5. The lowest BCUT2D eigenvalue weighted by Gasteiger charge is -2.17. The third kappa shape index (κ3) is 4.44. The fraction of sp³-hybridized carbons (Fsp3) is 0.750. The van der Waals surface area contributed by atoms with Crippen LogP contribution in [0.15, 0.2) is 4.52 Å². The molecule has 1 heterocycles. The van der Waals surface area contributed by atoms with Gasteiger partial charge in [-0.1, -0.05) is 25.9 Å². The average molecular weight is 255 g/mol. The largest absolute Gasteiger partial charge is 0.469 e. The Bertz CT molecular complexity index is 376. The molecule has 6 nitrogen and oxygen atoms in total. The molecule has 0 saturated carbocycles. The van der Waals surface area contributed by atoms with Crippen molar-refractivity contribution in [2.45, 2.75) is 39.7 Å². The van der Waals surface area contributed by atoms with Crippen molar-refractivity contribution in [2.75, 3.05) is 20.2 Å². The Morgan fingerprint density at radius 3 is 2.72 bits per heavy atom. The Hall–Kier alpha value is -1.43. The second kappa shape index (κ2) is 7.10. The Balaban J connectivity index is 2.48. The third-order valence-corrected chi connectivity index (χ3v) is 2.65. The molecule has 0 fully saturated rings. The molecule has 0 radical (unpaired) electrons. The summed E-state index contributed by atoms with van der Waals surface area (Å²) in [7, 11) is 1.40. The number of hydrogen-bond acceptors (Lipinski definition) is 6. The third-order valence-electron chi connectivity index (χ3n) is 2.65. The van der Waals surface area contributed by atoms with Crippen molar-refractivity contribution in [3.63, 3.8) is 0 Å². The molecule has 0 spiro atoms. The molecule has 0 atom stereocenters. The maximum atomic E-state index is 11.1. The highest BCUT2D eigenvalue weighted by atomic mass is 16.5. The van der Waals surface area contributed by atoms with Crippen molar-refractivity contribution in [1.29, 1.82) is 0 Å². The topological polar surface area (TPSA) is 68.5 Å². The van der Waals surface area contributed by atoms with E-state index in [-0.39, 0.29) is 11.9 Å². The van der Waals surface area contributed by atoms with Crippen LogP contribution in [0.25, 0.3) is 0 Å². The maximum Gasteiger partial charge on any atom is 0.306 e. The van der Waals surface area contributed by atoms with E-state index in [9.17, 15) is 4.79 Å². The predicted octanol–water partition coefficient (Wildman–Crippen LogP) is 1.58. The maximum absolute atomic E-state index is 11.1. The predicted molar refractivity (Wildman–Crippen MR) is 66.0 cm³/mol. The van der Waals surface area contributed by atoms with Gasteiger partial charge in [0, 0.05) is 12.5 Å². The minimum Gasteiger partial charge on any atom is -0.469 e. The van der Waals surface area contributed by atoms with Crippen molar-refractivity contribution >= 4 is 5.97 Å². The molecule has 18 heavy (non-hydrogen) atoms. The molecule has 1 aromatic rings. The number of ether oxygens (including phenoxy) is 1. The van der Waals surface area contributed by atoms with Crippen LogP contribution in [-0.4, -0.2) is 41.2 Å². The normalized spacial score (nSPS) is 11.2. The Morgan fingerprint density at radius 2 is 2.22 bits per heavy atom. The molecular weight excluding hydrogens is 234 g/mol. The van der Waals surface area contributed by atoms with Crippen molar-refractivity contribution in [1.82, 2.24) is 15.0 Å². The molecule has 6 heteroatoms. The fourth-order valence-corrected chi connectivity index (χ4v) is 1.47. The quantitative estimate of drug-likeness (QED) is 0.689. The summed E-state index contributed by atoms with van der Waals surface area (Å²) in [6.07, 6.45) is 0.374. The molecule has 0 aromatic carbocycles. The van der Waals surface area contributed by atoms with Crippen LogP contribution in [0.2, 0.25) is 0 Å². The molecule has 0 aliphatic rings. The number of rotatable bonds is 7. The van der Waals surface area contributed by atoms with E-state index in [1.165, 1.54) is 7.11 Å². The SMILES string of the molecule is CCN(CCC(=O)OC)Cc1noc(C(C)C)n1. The summed E-state index contributed by atoms with van der Waals surface area (Å²) in [5.74, 6) is 1.33. The Morgan fingerprint density at radius 1 is 1.50 bits per heavy atom. The van der Waals surface area contributed by atoms with Crippen LogP contribution in [0.5, 0.6) is 0 Å². The second-order valence-corrected chi connectivity index (χ2v) is 4.40. The Labute approximate surface area is 107 Å². The lowest BCUT2D eigenvalue weighted by atomic mass is 10.2. The number of methoxy groups -OCH3 is 1. The van der Waals surface area contributed by atoms with E-state index in [4.69, 9.17) is 4.52 Å². The average Bonchev–Trinajstić information content (AvgIpc) is 2.82. The van der Waals surface area contributed by atoms with Crippen molar-refractivity contribution in [3.8, 4) is 0 Å². The number of aromatic nitrogens is 2. The van der Waals surface area contributed by atoms with Gasteiger partial charge in [0.25, 0.3) is 0 Å². The number of carbonyl (C=O) groups excluding carboxylic acids is 1. The van der Waals surface area contributed by atoms with Crippen LogP contribution in [0.4, 0.5) is 0 Å². The van der Waals surface area contributed by atoms with E-state index in [0.717, 1.165) is 6.54 Å². The van der Waals surface area contributed by atoms with E-state index in [1.54, 1.807) is 0 Å². The summed E-state index contributed by atoms with van der Waals surface area (Å²) in [6, 6.07) is 0. The van der Waals surface area contributed by atoms with E-state index >= 15 is 0 Å². The van der Waals surface area contributed by atoms with Gasteiger partial charge < -0.3 is 9.26 Å². The molecule has 0 amide bonds. The van der Waals surface area contributed by atoms with Crippen LogP contribution >= 0.6 is 0 Å². The molecule has 0 aliphatic carbocycles. The van der Waals surface area contributed by atoms with Crippen LogP contribution in [0, 0.1) is 0 Å². The first-order valence-electron chi connectivity index (χ1n) is 6.18. The van der Waals surface area contributed by atoms with Gasteiger partial charge in [0.05, 0.1) is 20.1 Å². The van der Waals surface area contributed by atoms with Crippen molar-refractivity contribution in [2.24, 2.45) is 0 Å². The van der Waals surface area contributed by atoms with E-state index in [0.29, 0.717) is 31.2 Å². The number of nitrogens with zero attached hydrogens (tertiary/aromatic N) is 3. The summed E-state index contributed by atoms with van der Waals surface area (Å²) in [5.41, 5.74) is 0. The molecule has 0 unspecified atom stereocenters. The zero-order chi connectivity index (χ0) is 13.5. The summed E-state index contributed by atoms with van der Waals surface area (Å²) in [4.78, 5) is 17.5. The molecule has 0 saturated heterocycles. The molecule has 0 bridgehead atoms. The first-order chi connectivity index (χ1) is 8.56. The van der Waals surface area contributed by atoms with E-state index in [2.05, 4.69) is 19.8 Å². The fourth-order valence-electron chi connectivity index (χ4n) is 1.47. The van der Waals surface area contributed by atoms with Gasteiger partial charge >= 0.3 is 5.97 Å². The van der Waals surface area contributed by atoms with E-state index < -0.39 is 0 Å². The zero-order valence-electron chi connectivity index (χ0n) is 11.5. The van der Waals surface area contributed by atoms with Gasteiger partial charge in [-0.05, 0) is 6.54 Å². The van der Waals surface area contributed by atoms with Gasteiger partial charge in [-0.3, -0.25) is 9.69 Å². The minimum atomic E-state index is -0.204. The Kier molecular flexibility index (Phi) is 5.77. The monoisotopic (exact) mass is 255 g/mol. The summed E-state index contributed by atoms with van der Waals surface area (Å²) >= 11 is 0. The van der Waals surface area contributed by atoms with Crippen LogP contribution in [0.1, 0.15) is 44.8 Å². The van der Waals surface area contributed by atoms with E-state index in [1.807, 2.05) is 20.8 Å². The first kappa shape index (κ1) is 14.6. The first-order valence-corrected chi connectivity index (χ1v) is 6.18. The molecule has 1 rings (SSSR count). The minimum absolute atomic E-state index is 0.204. The van der Waals surface area contributed by atoms with Gasteiger partial charge in [0.2, 0.25) is 5.89 Å². The lowest BCUT2D eigenvalue weighted by molar-refractivity contribution is -0.141. The second-order valence-electron chi connectivity index (χ2n) is 4.40. The lowest BCUT2D eigenvalue weighted by Crippen LogP contribution is -2.26. The molecular formula is C12H21N3O3. The molecule has 102 valence electrons. The van der Waals surface area contributed by atoms with Crippen molar-refractivity contribution < 1.29 is 14.1 Å². The molecule has 0 aliphatic heterocycles. The molecule has 1 aromatic heterocycles. The summed E-state index contributed by atoms with van der Waals surface area (Å²) < 4.78 is 9.75. The van der Waals surface area contributed by atoms with Gasteiger partial charge in [-0.2, -0.15) is 4.98 Å². The molecule has 0 N–H and O–H groups in total. The summed E-state index contributed by atoms with van der Waals surface area (Å²) in [5, 5.41) is 3.93. The van der Waals surface area contributed by atoms with Crippen molar-refractivity contribution in [3.05, 3.63) is 11.7 Å². The van der Waals surface area contributed by atoms with Gasteiger partial charge in [-0.15, -0.1) is 0 Å².